The van der Waals surface area contributed by atoms with E-state index >= 15 is 0 Å². The van der Waals surface area contributed by atoms with Crippen molar-refractivity contribution in [1.82, 2.24) is 4.57 Å². The van der Waals surface area contributed by atoms with Gasteiger partial charge in [0, 0.05) is 36.3 Å². The van der Waals surface area contributed by atoms with Crippen molar-refractivity contribution in [2.24, 2.45) is 0 Å². The zero-order chi connectivity index (χ0) is 18.4. The molecule has 27 heavy (non-hydrogen) atoms. The first-order valence-corrected chi connectivity index (χ1v) is 8.79. The topological polar surface area (TPSA) is 60.3 Å². The van der Waals surface area contributed by atoms with Gasteiger partial charge in [0.1, 0.15) is 0 Å². The molecule has 2 aliphatic heterocycles. The zero-order valence-corrected chi connectivity index (χ0v) is 14.4. The lowest BCUT2D eigenvalue weighted by atomic mass is 10.00. The number of aromatic nitrogens is 1. The highest BCUT2D eigenvalue weighted by Crippen LogP contribution is 2.36. The molecular formula is C22H16N2O3. The third-order valence-electron chi connectivity index (χ3n) is 4.94. The Morgan fingerprint density at radius 3 is 2.63 bits per heavy atom. The molecular weight excluding hydrogens is 340 g/mol. The van der Waals surface area contributed by atoms with E-state index in [2.05, 4.69) is 5.32 Å². The van der Waals surface area contributed by atoms with Crippen molar-refractivity contribution in [3.8, 4) is 11.1 Å². The van der Waals surface area contributed by atoms with Gasteiger partial charge in [-0.2, -0.15) is 0 Å². The van der Waals surface area contributed by atoms with E-state index in [4.69, 9.17) is 4.74 Å². The molecule has 1 aromatic heterocycles. The molecule has 1 N–H and O–H groups in total. The number of cyclic esters (lactones) is 1. The molecule has 0 radical (unpaired) electrons. The molecule has 2 aliphatic rings. The average Bonchev–Trinajstić information content (AvgIpc) is 3.24. The number of rotatable bonds is 2. The summed E-state index contributed by atoms with van der Waals surface area (Å²) < 4.78 is 6.85. The second kappa shape index (κ2) is 5.99. The van der Waals surface area contributed by atoms with Crippen molar-refractivity contribution in [3.63, 3.8) is 0 Å². The molecule has 3 aromatic rings. The van der Waals surface area contributed by atoms with Crippen LogP contribution in [0.15, 0.2) is 60.9 Å². The van der Waals surface area contributed by atoms with Crippen LogP contribution in [0, 0.1) is 0 Å². The number of amides is 1. The molecule has 0 unspecified atom stereocenters. The summed E-state index contributed by atoms with van der Waals surface area (Å²) in [6.07, 6.45) is 6.06. The molecule has 0 saturated carbocycles. The number of ether oxygens (including phenoxy) is 1. The number of anilines is 1. The van der Waals surface area contributed by atoms with Crippen LogP contribution in [-0.2, 0) is 16.0 Å². The summed E-state index contributed by atoms with van der Waals surface area (Å²) in [6, 6.07) is 16.0. The van der Waals surface area contributed by atoms with Gasteiger partial charge < -0.3 is 14.6 Å². The quantitative estimate of drug-likeness (QED) is 0.561. The van der Waals surface area contributed by atoms with E-state index in [1.165, 1.54) is 0 Å². The van der Waals surface area contributed by atoms with Gasteiger partial charge in [0.25, 0.3) is 5.91 Å². The van der Waals surface area contributed by atoms with Crippen LogP contribution in [0.4, 0.5) is 5.69 Å². The van der Waals surface area contributed by atoms with Crippen molar-refractivity contribution < 1.29 is 14.3 Å². The number of esters is 1. The molecule has 1 amide bonds. The lowest BCUT2D eigenvalue weighted by molar-refractivity contribution is -0.110. The number of fused-ring (bicyclic) bond motifs is 2. The number of hydrogen-bond acceptors (Lipinski definition) is 3. The molecule has 0 spiro atoms. The minimum atomic E-state index is -0.309. The number of hydrogen-bond donors (Lipinski definition) is 1. The predicted molar refractivity (Wildman–Crippen MR) is 103 cm³/mol. The number of carbonyl (C=O) groups is 2. The molecule has 0 fully saturated rings. The van der Waals surface area contributed by atoms with Crippen LogP contribution in [0.1, 0.15) is 21.5 Å². The molecule has 3 heterocycles. The number of carbonyl (C=O) groups excluding carboxylic acids is 2. The van der Waals surface area contributed by atoms with Crippen LogP contribution in [0.25, 0.3) is 22.9 Å². The van der Waals surface area contributed by atoms with Gasteiger partial charge in [0.2, 0.25) is 0 Å². The van der Waals surface area contributed by atoms with Crippen LogP contribution in [0.3, 0.4) is 0 Å². The first kappa shape index (κ1) is 15.6. The summed E-state index contributed by atoms with van der Waals surface area (Å²) in [5.41, 5.74) is 5.88. The fourth-order valence-corrected chi connectivity index (χ4v) is 3.58. The number of benzene rings is 2. The zero-order valence-electron chi connectivity index (χ0n) is 14.4. The minimum Gasteiger partial charge on any atom is -0.462 e. The Labute approximate surface area is 155 Å². The van der Waals surface area contributed by atoms with Crippen molar-refractivity contribution >= 4 is 29.3 Å². The summed E-state index contributed by atoms with van der Waals surface area (Å²) in [4.78, 5) is 24.4. The number of nitrogens with one attached hydrogen (secondary N) is 1. The summed E-state index contributed by atoms with van der Waals surface area (Å²) in [6.45, 7) is 0.399. The van der Waals surface area contributed by atoms with Gasteiger partial charge in [-0.15, -0.1) is 0 Å². The molecule has 0 aliphatic carbocycles. The first-order chi connectivity index (χ1) is 13.2. The van der Waals surface area contributed by atoms with Gasteiger partial charge in [-0.1, -0.05) is 36.4 Å². The Morgan fingerprint density at radius 1 is 0.963 bits per heavy atom. The van der Waals surface area contributed by atoms with E-state index in [1.807, 2.05) is 54.7 Å². The molecule has 5 heteroatoms. The second-order valence-corrected chi connectivity index (χ2v) is 6.65. The first-order valence-electron chi connectivity index (χ1n) is 8.79. The van der Waals surface area contributed by atoms with Crippen molar-refractivity contribution in [2.45, 2.75) is 6.42 Å². The largest absolute Gasteiger partial charge is 0.462 e. The Kier molecular flexibility index (Phi) is 3.47. The van der Waals surface area contributed by atoms with Gasteiger partial charge in [-0.3, -0.25) is 4.79 Å². The van der Waals surface area contributed by atoms with Gasteiger partial charge in [-0.25, -0.2) is 4.79 Å². The smallest absolute Gasteiger partial charge is 0.339 e. The van der Waals surface area contributed by atoms with Crippen LogP contribution in [0.5, 0.6) is 0 Å². The highest BCUT2D eigenvalue weighted by Gasteiger charge is 2.26. The summed E-state index contributed by atoms with van der Waals surface area (Å²) >= 11 is 0. The highest BCUT2D eigenvalue weighted by atomic mass is 16.5. The Hall–Kier alpha value is -3.60. The Morgan fingerprint density at radius 2 is 1.81 bits per heavy atom. The maximum atomic E-state index is 12.5. The average molecular weight is 356 g/mol. The van der Waals surface area contributed by atoms with E-state index in [0.717, 1.165) is 27.9 Å². The van der Waals surface area contributed by atoms with Crippen LogP contribution >= 0.6 is 0 Å². The van der Waals surface area contributed by atoms with Crippen molar-refractivity contribution in [1.29, 1.82) is 0 Å². The SMILES string of the molecule is O=C1Nc2ccc(-c3ccccc3)cc2C1=Cn1cc2c(c1)C(=O)OCC2. The molecule has 5 nitrogen and oxygen atoms in total. The van der Waals surface area contributed by atoms with E-state index in [9.17, 15) is 9.59 Å². The molecule has 132 valence electrons. The van der Waals surface area contributed by atoms with Crippen molar-refractivity contribution in [3.05, 3.63) is 77.6 Å². The summed E-state index contributed by atoms with van der Waals surface area (Å²) in [7, 11) is 0. The Bertz CT molecular complexity index is 1110. The maximum Gasteiger partial charge on any atom is 0.339 e. The third-order valence-corrected chi connectivity index (χ3v) is 4.94. The number of nitrogens with zero attached hydrogens (tertiary/aromatic N) is 1. The highest BCUT2D eigenvalue weighted by molar-refractivity contribution is 6.34. The van der Waals surface area contributed by atoms with Gasteiger partial charge in [0.05, 0.1) is 17.7 Å². The lowest BCUT2D eigenvalue weighted by Gasteiger charge is -2.09. The lowest BCUT2D eigenvalue weighted by Crippen LogP contribution is -2.15. The standard InChI is InChI=1S/C22H16N2O3/c25-21-19(13-24-11-16-8-9-27-22(26)18(16)12-24)17-10-15(6-7-20(17)23-21)14-4-2-1-3-5-14/h1-7,10-13H,8-9H2,(H,23,25). The van der Waals surface area contributed by atoms with E-state index < -0.39 is 0 Å². The molecule has 0 bridgehead atoms. The third kappa shape index (κ3) is 2.64. The maximum absolute atomic E-state index is 12.5. The second-order valence-electron chi connectivity index (χ2n) is 6.65. The molecule has 5 rings (SSSR count). The molecule has 0 atom stereocenters. The van der Waals surface area contributed by atoms with Gasteiger partial charge in [-0.05, 0) is 28.8 Å². The fraction of sp³-hybridized carbons (Fsp3) is 0.0909. The van der Waals surface area contributed by atoms with E-state index in [1.54, 1.807) is 17.0 Å². The van der Waals surface area contributed by atoms with Crippen molar-refractivity contribution in [2.75, 3.05) is 11.9 Å². The summed E-state index contributed by atoms with van der Waals surface area (Å²) in [5, 5.41) is 2.90. The van der Waals surface area contributed by atoms with E-state index in [-0.39, 0.29) is 11.9 Å². The summed E-state index contributed by atoms with van der Waals surface area (Å²) in [5.74, 6) is -0.458. The minimum absolute atomic E-state index is 0.149. The predicted octanol–water partition coefficient (Wildman–Crippen LogP) is 3.82. The molecule has 2 aromatic carbocycles. The fourth-order valence-electron chi connectivity index (χ4n) is 3.58. The van der Waals surface area contributed by atoms with Gasteiger partial charge >= 0.3 is 5.97 Å². The molecule has 0 saturated heterocycles. The Balaban J connectivity index is 1.58. The van der Waals surface area contributed by atoms with Crippen LogP contribution < -0.4 is 5.32 Å². The van der Waals surface area contributed by atoms with E-state index in [0.29, 0.717) is 24.2 Å². The normalized spacial score (nSPS) is 16.7. The monoisotopic (exact) mass is 356 g/mol. The van der Waals surface area contributed by atoms with Crippen LogP contribution in [0.2, 0.25) is 0 Å². The van der Waals surface area contributed by atoms with Crippen LogP contribution in [-0.4, -0.2) is 23.1 Å². The van der Waals surface area contributed by atoms with Gasteiger partial charge in [0.15, 0.2) is 0 Å².